The van der Waals surface area contributed by atoms with Crippen LogP contribution < -0.4 is 0 Å². The summed E-state index contributed by atoms with van der Waals surface area (Å²) >= 11 is 5.10. The molecule has 0 aliphatic carbocycles. The zero-order valence-electron chi connectivity index (χ0n) is 11.8. The lowest BCUT2D eigenvalue weighted by atomic mass is 9.96. The van der Waals surface area contributed by atoms with E-state index in [1.807, 2.05) is 22.6 Å². The van der Waals surface area contributed by atoms with Crippen LogP contribution in [-0.4, -0.2) is 38.7 Å². The zero-order chi connectivity index (χ0) is 14.8. The molecular weight excluding hydrogens is 352 g/mol. The summed E-state index contributed by atoms with van der Waals surface area (Å²) in [5, 5.41) is 4.15. The summed E-state index contributed by atoms with van der Waals surface area (Å²) in [4.78, 5) is 19.6. The molecule has 21 heavy (non-hydrogen) atoms. The van der Waals surface area contributed by atoms with Crippen LogP contribution in [0.3, 0.4) is 0 Å². The Bertz CT molecular complexity index is 617. The summed E-state index contributed by atoms with van der Waals surface area (Å²) in [5.74, 6) is 0.717. The lowest BCUT2D eigenvalue weighted by molar-refractivity contribution is 0.0681. The summed E-state index contributed by atoms with van der Waals surface area (Å²) in [5.41, 5.74) is 0.798. The minimum absolute atomic E-state index is 0.144. The maximum atomic E-state index is 12.5. The number of piperidine rings is 1. The van der Waals surface area contributed by atoms with E-state index in [0.29, 0.717) is 5.92 Å². The van der Waals surface area contributed by atoms with Crippen molar-refractivity contribution in [1.29, 1.82) is 0 Å². The minimum atomic E-state index is 0.144. The molecule has 1 saturated heterocycles. The Balaban J connectivity index is 1.58. The molecule has 7 heteroatoms. The number of nitrogens with zero attached hydrogens (tertiary/aromatic N) is 4. The maximum absolute atomic E-state index is 12.5. The molecule has 1 aliphatic rings. The third-order valence-electron chi connectivity index (χ3n) is 3.85. The van der Waals surface area contributed by atoms with Crippen molar-refractivity contribution in [2.75, 3.05) is 13.1 Å². The van der Waals surface area contributed by atoms with E-state index in [-0.39, 0.29) is 5.91 Å². The predicted octanol–water partition coefficient (Wildman–Crippen LogP) is 2.96. The molecule has 0 unspecified atom stereocenters. The zero-order valence-corrected chi connectivity index (χ0v) is 14.2. The number of carbonyl (C=O) groups excluding carboxylic acids is 1. The monoisotopic (exact) mass is 368 g/mol. The third kappa shape index (κ3) is 3.35. The van der Waals surface area contributed by atoms with Gasteiger partial charge in [-0.2, -0.15) is 5.10 Å². The van der Waals surface area contributed by atoms with Crippen LogP contribution in [0.2, 0.25) is 0 Å². The van der Waals surface area contributed by atoms with Gasteiger partial charge in [0.1, 0.15) is 12.7 Å². The van der Waals surface area contributed by atoms with Gasteiger partial charge in [0.05, 0.1) is 9.35 Å². The molecule has 0 bridgehead atoms. The van der Waals surface area contributed by atoms with Gasteiger partial charge in [-0.3, -0.25) is 9.48 Å². The van der Waals surface area contributed by atoms with E-state index in [1.165, 1.54) is 0 Å². The first-order chi connectivity index (χ1) is 10.1. The van der Waals surface area contributed by atoms with Gasteiger partial charge in [0.2, 0.25) is 0 Å². The van der Waals surface area contributed by atoms with Crippen LogP contribution in [0.1, 0.15) is 28.1 Å². The third-order valence-corrected chi connectivity index (χ3v) is 5.61. The number of amides is 1. The van der Waals surface area contributed by atoms with Crippen molar-refractivity contribution in [2.45, 2.75) is 26.3 Å². The number of hydrogen-bond acceptors (Lipinski definition) is 4. The standard InChI is InChI=1S/C14H17BrN4OS/c1-10-6-12(13(15)21-10)14(20)18-4-2-11(3-5-18)7-19-9-16-8-17-19/h6,8-9,11H,2-5,7H2,1H3. The SMILES string of the molecule is Cc1cc(C(=O)N2CCC(Cn3cncn3)CC2)c(Br)s1. The van der Waals surface area contributed by atoms with Crippen LogP contribution in [0.4, 0.5) is 0 Å². The molecule has 0 saturated carbocycles. The molecule has 5 nitrogen and oxygen atoms in total. The van der Waals surface area contributed by atoms with Crippen LogP contribution in [0.25, 0.3) is 0 Å². The van der Waals surface area contributed by atoms with Gasteiger partial charge in [0, 0.05) is 24.5 Å². The molecule has 112 valence electrons. The first-order valence-electron chi connectivity index (χ1n) is 7.01. The fraction of sp³-hybridized carbons (Fsp3) is 0.500. The summed E-state index contributed by atoms with van der Waals surface area (Å²) in [6.07, 6.45) is 5.36. The molecular formula is C14H17BrN4OS. The summed E-state index contributed by atoms with van der Waals surface area (Å²) in [6.45, 7) is 4.55. The van der Waals surface area contributed by atoms with Crippen molar-refractivity contribution < 1.29 is 4.79 Å². The molecule has 2 aromatic heterocycles. The summed E-state index contributed by atoms with van der Waals surface area (Å²) in [7, 11) is 0. The lowest BCUT2D eigenvalue weighted by Crippen LogP contribution is -2.39. The fourth-order valence-electron chi connectivity index (χ4n) is 2.71. The second kappa shape index (κ2) is 6.27. The van der Waals surface area contributed by atoms with Gasteiger partial charge in [0.25, 0.3) is 5.91 Å². The van der Waals surface area contributed by atoms with Gasteiger partial charge < -0.3 is 4.90 Å². The number of aromatic nitrogens is 3. The Morgan fingerprint density at radius 2 is 2.24 bits per heavy atom. The van der Waals surface area contributed by atoms with Crippen molar-refractivity contribution in [1.82, 2.24) is 19.7 Å². The van der Waals surface area contributed by atoms with E-state index < -0.39 is 0 Å². The summed E-state index contributed by atoms with van der Waals surface area (Å²) in [6, 6.07) is 1.97. The van der Waals surface area contributed by atoms with E-state index in [1.54, 1.807) is 24.0 Å². The Morgan fingerprint density at radius 3 is 2.81 bits per heavy atom. The van der Waals surface area contributed by atoms with Crippen molar-refractivity contribution in [2.24, 2.45) is 5.92 Å². The number of aryl methyl sites for hydroxylation is 1. The van der Waals surface area contributed by atoms with E-state index in [0.717, 1.165) is 46.7 Å². The molecule has 0 aromatic carbocycles. The topological polar surface area (TPSA) is 51.0 Å². The van der Waals surface area contributed by atoms with E-state index in [9.17, 15) is 4.79 Å². The first-order valence-corrected chi connectivity index (χ1v) is 8.62. The van der Waals surface area contributed by atoms with Gasteiger partial charge in [0.15, 0.2) is 0 Å². The number of carbonyl (C=O) groups is 1. The number of halogens is 1. The number of rotatable bonds is 3. The molecule has 1 fully saturated rings. The van der Waals surface area contributed by atoms with Crippen molar-refractivity contribution >= 4 is 33.2 Å². The van der Waals surface area contributed by atoms with E-state index >= 15 is 0 Å². The molecule has 1 aliphatic heterocycles. The van der Waals surface area contributed by atoms with Gasteiger partial charge in [-0.25, -0.2) is 4.98 Å². The smallest absolute Gasteiger partial charge is 0.255 e. The van der Waals surface area contributed by atoms with Crippen LogP contribution in [0, 0.1) is 12.8 Å². The summed E-state index contributed by atoms with van der Waals surface area (Å²) < 4.78 is 2.82. The van der Waals surface area contributed by atoms with Gasteiger partial charge >= 0.3 is 0 Å². The van der Waals surface area contributed by atoms with Gasteiger partial charge in [-0.1, -0.05) is 0 Å². The van der Waals surface area contributed by atoms with Crippen LogP contribution >= 0.6 is 27.3 Å². The second-order valence-corrected chi connectivity index (χ2v) is 7.97. The van der Waals surface area contributed by atoms with Crippen LogP contribution in [0.5, 0.6) is 0 Å². The van der Waals surface area contributed by atoms with Crippen LogP contribution in [-0.2, 0) is 6.54 Å². The molecule has 0 N–H and O–H groups in total. The van der Waals surface area contributed by atoms with Gasteiger partial charge in [-0.05, 0) is 47.7 Å². The molecule has 0 atom stereocenters. The average molecular weight is 369 g/mol. The Hall–Kier alpha value is -1.21. The predicted molar refractivity (Wildman–Crippen MR) is 85.4 cm³/mol. The molecule has 0 spiro atoms. The molecule has 1 amide bonds. The normalized spacial score (nSPS) is 16.4. The number of likely N-dealkylation sites (tertiary alicyclic amines) is 1. The Labute approximate surface area is 136 Å². The van der Waals surface area contributed by atoms with Crippen LogP contribution in [0.15, 0.2) is 22.5 Å². The van der Waals surface area contributed by atoms with E-state index in [2.05, 4.69) is 26.0 Å². The Kier molecular flexibility index (Phi) is 4.40. The lowest BCUT2D eigenvalue weighted by Gasteiger charge is -2.31. The quantitative estimate of drug-likeness (QED) is 0.836. The number of thiophene rings is 1. The van der Waals surface area contributed by atoms with Crippen molar-refractivity contribution in [3.8, 4) is 0 Å². The average Bonchev–Trinajstić information content (AvgIpc) is 3.08. The maximum Gasteiger partial charge on any atom is 0.255 e. The molecule has 0 radical (unpaired) electrons. The van der Waals surface area contributed by atoms with Crippen molar-refractivity contribution in [3.63, 3.8) is 0 Å². The molecule has 2 aromatic rings. The highest BCUT2D eigenvalue weighted by molar-refractivity contribution is 9.11. The largest absolute Gasteiger partial charge is 0.339 e. The molecule has 3 heterocycles. The highest BCUT2D eigenvalue weighted by atomic mass is 79.9. The fourth-order valence-corrected chi connectivity index (χ4v) is 4.48. The van der Waals surface area contributed by atoms with Gasteiger partial charge in [-0.15, -0.1) is 11.3 Å². The van der Waals surface area contributed by atoms with E-state index in [4.69, 9.17) is 0 Å². The van der Waals surface area contributed by atoms with Crippen molar-refractivity contribution in [3.05, 3.63) is 32.9 Å². The minimum Gasteiger partial charge on any atom is -0.339 e. The highest BCUT2D eigenvalue weighted by Crippen LogP contribution is 2.30. The molecule has 3 rings (SSSR count). The Morgan fingerprint density at radius 1 is 1.48 bits per heavy atom. The first kappa shape index (κ1) is 14.7. The number of hydrogen-bond donors (Lipinski definition) is 0. The second-order valence-electron chi connectivity index (χ2n) is 5.40. The highest BCUT2D eigenvalue weighted by Gasteiger charge is 2.25.